The summed E-state index contributed by atoms with van der Waals surface area (Å²) in [6.45, 7) is -1.32. The number of nitrogens with zero attached hydrogens (tertiary/aromatic N) is 4. The lowest BCUT2D eigenvalue weighted by Gasteiger charge is -2.27. The highest BCUT2D eigenvalue weighted by Crippen LogP contribution is 2.76. The average Bonchev–Trinajstić information content (AvgIpc) is 3.38. The fraction of sp³-hybridized carbons (Fsp3) is 0.583. The third-order valence-corrected chi connectivity index (χ3v) is 9.29. The number of aromatic nitrogens is 4. The SMILES string of the molecule is COC1O[C@@H]2[C@H](O1)[C@@H](COP1OP(=O)(O)OP(=O)(O)O1)O[C@H]2n1cnc2c(N)ncnc21. The third kappa shape index (κ3) is 4.21. The van der Waals surface area contributed by atoms with Crippen molar-refractivity contribution in [3.05, 3.63) is 12.7 Å². The first-order chi connectivity index (χ1) is 15.2. The summed E-state index contributed by atoms with van der Waals surface area (Å²) in [6.07, 6.45) is -0.335. The van der Waals surface area contributed by atoms with E-state index in [-0.39, 0.29) is 12.4 Å². The van der Waals surface area contributed by atoms with E-state index in [2.05, 4.69) is 27.9 Å². The lowest BCUT2D eigenvalue weighted by atomic mass is 10.1. The highest BCUT2D eigenvalue weighted by atomic mass is 31.3. The molecule has 176 valence electrons. The summed E-state index contributed by atoms with van der Waals surface area (Å²) in [5.41, 5.74) is 6.58. The predicted molar refractivity (Wildman–Crippen MR) is 100.0 cm³/mol. The van der Waals surface area contributed by atoms with Crippen LogP contribution in [-0.4, -0.2) is 67.8 Å². The number of nitrogen functional groups attached to an aromatic ring is 1. The first-order valence-corrected chi connectivity index (χ1v) is 12.9. The highest BCUT2D eigenvalue weighted by molar-refractivity contribution is 7.72. The van der Waals surface area contributed by atoms with E-state index in [0.29, 0.717) is 11.2 Å². The summed E-state index contributed by atoms with van der Waals surface area (Å²) in [4.78, 5) is 31.0. The van der Waals surface area contributed by atoms with Gasteiger partial charge in [-0.3, -0.25) is 4.57 Å². The summed E-state index contributed by atoms with van der Waals surface area (Å²) in [5.74, 6) is 0.181. The monoisotopic (exact) mass is 515 g/mol. The molecule has 0 saturated carbocycles. The van der Waals surface area contributed by atoms with E-state index in [1.807, 2.05) is 0 Å². The summed E-state index contributed by atoms with van der Waals surface area (Å²) in [5, 5.41) is 0. The lowest BCUT2D eigenvalue weighted by molar-refractivity contribution is -0.256. The van der Waals surface area contributed by atoms with Crippen LogP contribution < -0.4 is 5.73 Å². The second-order valence-electron chi connectivity index (χ2n) is 6.58. The Morgan fingerprint density at radius 2 is 1.88 bits per heavy atom. The van der Waals surface area contributed by atoms with Crippen molar-refractivity contribution in [3.8, 4) is 0 Å². The average molecular weight is 515 g/mol. The van der Waals surface area contributed by atoms with Crippen LogP contribution in [0.3, 0.4) is 0 Å². The van der Waals surface area contributed by atoms with E-state index in [1.54, 1.807) is 4.57 Å². The van der Waals surface area contributed by atoms with Crippen LogP contribution in [0.25, 0.3) is 11.2 Å². The molecular formula is C12H16N5O12P3. The molecule has 3 saturated heterocycles. The minimum absolute atomic E-state index is 0.181. The molecule has 7 atom stereocenters. The normalized spacial score (nSPS) is 41.8. The Kier molecular flexibility index (Phi) is 5.83. The zero-order chi connectivity index (χ0) is 22.7. The van der Waals surface area contributed by atoms with Crippen molar-refractivity contribution in [1.29, 1.82) is 0 Å². The maximum atomic E-state index is 11.6. The van der Waals surface area contributed by atoms with Crippen molar-refractivity contribution in [2.24, 2.45) is 0 Å². The Labute approximate surface area is 179 Å². The fourth-order valence-corrected chi connectivity index (χ4v) is 7.56. The van der Waals surface area contributed by atoms with E-state index >= 15 is 0 Å². The molecule has 2 aromatic heterocycles. The molecule has 3 fully saturated rings. The van der Waals surface area contributed by atoms with Crippen LogP contribution in [0.15, 0.2) is 12.7 Å². The standard InChI is InChI=1S/C12H16N5O12P3/c1-22-12-25-7-5(2-23-30-27-31(18,19)29-32(20,21)28-30)24-11(8(7)26-12)17-4-16-6-9(13)14-3-15-10(6)17/h3-5,7-8,11-12H,2H2,1H3,(H,18,19)(H,20,21)(H2,13,14,15)/t5-,7-,8-,11-,12?/m1/s1. The first-order valence-electron chi connectivity index (χ1n) is 8.77. The van der Waals surface area contributed by atoms with Crippen LogP contribution in [0.1, 0.15) is 6.23 Å². The van der Waals surface area contributed by atoms with E-state index in [9.17, 15) is 18.9 Å². The number of methoxy groups -OCH3 is 1. The number of hydrogen-bond donors (Lipinski definition) is 3. The van der Waals surface area contributed by atoms with Gasteiger partial charge >= 0.3 is 24.2 Å². The number of nitrogens with two attached hydrogens (primary N) is 1. The van der Waals surface area contributed by atoms with E-state index in [0.717, 1.165) is 0 Å². The Balaban J connectivity index is 1.36. The van der Waals surface area contributed by atoms with Crippen molar-refractivity contribution in [1.82, 2.24) is 19.5 Å². The molecule has 0 aliphatic carbocycles. The number of ether oxygens (including phenoxy) is 4. The molecule has 17 nitrogen and oxygen atoms in total. The Morgan fingerprint density at radius 1 is 1.16 bits per heavy atom. The summed E-state index contributed by atoms with van der Waals surface area (Å²) in [6, 6.07) is 0. The maximum absolute atomic E-state index is 11.6. The van der Waals surface area contributed by atoms with Gasteiger partial charge < -0.3 is 39.0 Å². The van der Waals surface area contributed by atoms with Gasteiger partial charge in [-0.1, -0.05) is 0 Å². The minimum Gasteiger partial charge on any atom is -0.382 e. The molecular weight excluding hydrogens is 499 g/mol. The molecule has 20 heteroatoms. The van der Waals surface area contributed by atoms with Crippen LogP contribution in [0, 0.1) is 0 Å². The number of fused-ring (bicyclic) bond motifs is 2. The van der Waals surface area contributed by atoms with E-state index in [4.69, 9.17) is 29.2 Å². The lowest BCUT2D eigenvalue weighted by Crippen LogP contribution is -2.31. The van der Waals surface area contributed by atoms with Gasteiger partial charge in [0.2, 0.25) is 0 Å². The number of imidazole rings is 1. The largest absolute Gasteiger partial charge is 0.488 e. The second-order valence-corrected chi connectivity index (χ2v) is 11.1. The van der Waals surface area contributed by atoms with Gasteiger partial charge in [0, 0.05) is 7.11 Å². The van der Waals surface area contributed by atoms with E-state index in [1.165, 1.54) is 19.8 Å². The number of anilines is 1. The van der Waals surface area contributed by atoms with Crippen LogP contribution in [0.5, 0.6) is 0 Å². The Bertz CT molecular complexity index is 1090. The predicted octanol–water partition coefficient (Wildman–Crippen LogP) is 0.528. The molecule has 0 aromatic carbocycles. The molecule has 5 rings (SSSR count). The fourth-order valence-electron chi connectivity index (χ4n) is 3.36. The van der Waals surface area contributed by atoms with Gasteiger partial charge in [0.25, 0.3) is 6.48 Å². The maximum Gasteiger partial charge on any atom is 0.488 e. The van der Waals surface area contributed by atoms with Gasteiger partial charge in [-0.25, -0.2) is 32.7 Å². The smallest absolute Gasteiger partial charge is 0.382 e. The van der Waals surface area contributed by atoms with Gasteiger partial charge in [-0.15, -0.1) is 0 Å². The number of phosphoric acid groups is 2. The topological polar surface area (TPSA) is 218 Å². The second kappa shape index (κ2) is 8.25. The minimum atomic E-state index is -4.84. The molecule has 0 spiro atoms. The van der Waals surface area contributed by atoms with Crippen molar-refractivity contribution in [2.45, 2.75) is 31.0 Å². The summed E-state index contributed by atoms with van der Waals surface area (Å²) < 4.78 is 65.7. The van der Waals surface area contributed by atoms with Crippen molar-refractivity contribution < 1.29 is 55.3 Å². The van der Waals surface area contributed by atoms with Crippen LogP contribution in [-0.2, 0) is 45.5 Å². The summed E-state index contributed by atoms with van der Waals surface area (Å²) in [7, 11) is -11.0. The molecule has 3 unspecified atom stereocenters. The van der Waals surface area contributed by atoms with Gasteiger partial charge in [0.15, 0.2) is 17.7 Å². The Hall–Kier alpha value is -1.16. The van der Waals surface area contributed by atoms with Gasteiger partial charge in [0.1, 0.15) is 30.2 Å². The van der Waals surface area contributed by atoms with Gasteiger partial charge in [-0.2, -0.15) is 4.31 Å². The van der Waals surface area contributed by atoms with Crippen molar-refractivity contribution in [3.63, 3.8) is 0 Å². The summed E-state index contributed by atoms with van der Waals surface area (Å²) >= 11 is 0. The molecule has 32 heavy (non-hydrogen) atoms. The number of hydrogen-bond acceptors (Lipinski definition) is 14. The zero-order valence-corrected chi connectivity index (χ0v) is 18.6. The molecule has 4 N–H and O–H groups in total. The van der Waals surface area contributed by atoms with Crippen LogP contribution >= 0.6 is 24.2 Å². The molecule has 0 radical (unpaired) electrons. The molecule has 0 bridgehead atoms. The third-order valence-electron chi connectivity index (χ3n) is 4.57. The molecule has 3 aliphatic heterocycles. The highest BCUT2D eigenvalue weighted by Gasteiger charge is 2.55. The van der Waals surface area contributed by atoms with Crippen molar-refractivity contribution >= 4 is 41.2 Å². The quantitative estimate of drug-likeness (QED) is 0.462. The zero-order valence-electron chi connectivity index (χ0n) is 15.9. The molecule has 2 aromatic rings. The van der Waals surface area contributed by atoms with Crippen molar-refractivity contribution in [2.75, 3.05) is 19.5 Å². The van der Waals surface area contributed by atoms with Crippen LogP contribution in [0.2, 0.25) is 0 Å². The molecule has 5 heterocycles. The van der Waals surface area contributed by atoms with Gasteiger partial charge in [0.05, 0.1) is 12.9 Å². The first kappa shape index (κ1) is 22.6. The van der Waals surface area contributed by atoms with Crippen LogP contribution in [0.4, 0.5) is 5.82 Å². The van der Waals surface area contributed by atoms with E-state index < -0.39 is 55.3 Å². The number of rotatable bonds is 5. The molecule has 3 aliphatic rings. The molecule has 0 amide bonds. The Morgan fingerprint density at radius 3 is 2.59 bits per heavy atom. The van der Waals surface area contributed by atoms with Gasteiger partial charge in [-0.05, 0) is 0 Å².